The fourth-order valence-electron chi connectivity index (χ4n) is 3.48. The van der Waals surface area contributed by atoms with Gasteiger partial charge in [-0.1, -0.05) is 30.4 Å². The molecule has 8 nitrogen and oxygen atoms in total. The number of nitrogens with zero attached hydrogens (tertiary/aromatic N) is 6. The van der Waals surface area contributed by atoms with Crippen molar-refractivity contribution < 1.29 is 9.53 Å². The van der Waals surface area contributed by atoms with E-state index in [2.05, 4.69) is 62.4 Å². The molecule has 2 heterocycles. The van der Waals surface area contributed by atoms with E-state index in [1.807, 2.05) is 19.1 Å². The molecule has 10 heteroatoms. The van der Waals surface area contributed by atoms with E-state index in [0.717, 1.165) is 30.2 Å². The summed E-state index contributed by atoms with van der Waals surface area (Å²) in [5.41, 5.74) is 3.18. The summed E-state index contributed by atoms with van der Waals surface area (Å²) in [6, 6.07) is 15.0. The van der Waals surface area contributed by atoms with Gasteiger partial charge in [0.25, 0.3) is 0 Å². The molecule has 0 fully saturated rings. The van der Waals surface area contributed by atoms with Crippen LogP contribution in [0.15, 0.2) is 85.1 Å². The molecule has 0 saturated carbocycles. The zero-order valence-electron chi connectivity index (χ0n) is 20.0. The van der Waals surface area contributed by atoms with Gasteiger partial charge in [0.15, 0.2) is 0 Å². The Hall–Kier alpha value is -2.98. The smallest absolute Gasteiger partial charge is 0.338 e. The molecule has 4 rings (SSSR count). The molecule has 2 unspecified atom stereocenters. The van der Waals surface area contributed by atoms with E-state index in [4.69, 9.17) is 4.74 Å². The van der Waals surface area contributed by atoms with Crippen molar-refractivity contribution in [1.82, 2.24) is 0 Å². The van der Waals surface area contributed by atoms with Crippen LogP contribution in [0, 0.1) is 0 Å². The Labute approximate surface area is 214 Å². The standard InChI is InChI=1S/C25H28N6O2S2/c1-4-15-33-24(32)17-7-9-18(10-8-17)27-29-22-16-21-23(35-22)26-25(34-21)30-28-19-11-13-20(14-12-19)31(5-2)6-3/h7-14,16,21,23H,4-6,15H2,1-3H3. The number of rotatable bonds is 9. The first-order valence-electron chi connectivity index (χ1n) is 11.7. The van der Waals surface area contributed by atoms with Gasteiger partial charge in [-0.15, -0.1) is 15.3 Å². The first-order chi connectivity index (χ1) is 17.1. The lowest BCUT2D eigenvalue weighted by atomic mass is 10.2. The number of aliphatic imine (C=N–C) groups is 1. The van der Waals surface area contributed by atoms with E-state index < -0.39 is 0 Å². The Balaban J connectivity index is 1.29. The minimum absolute atomic E-state index is 0.0312. The summed E-state index contributed by atoms with van der Waals surface area (Å²) < 4.78 is 5.14. The van der Waals surface area contributed by atoms with Gasteiger partial charge < -0.3 is 9.64 Å². The fraction of sp³-hybridized carbons (Fsp3) is 0.360. The van der Waals surface area contributed by atoms with Gasteiger partial charge in [0.05, 0.1) is 28.8 Å². The van der Waals surface area contributed by atoms with Crippen LogP contribution < -0.4 is 4.90 Å². The maximum atomic E-state index is 11.9. The van der Waals surface area contributed by atoms with Crippen LogP contribution in [0.1, 0.15) is 37.6 Å². The van der Waals surface area contributed by atoms with Crippen molar-refractivity contribution in [1.29, 1.82) is 0 Å². The molecule has 2 aliphatic rings. The van der Waals surface area contributed by atoms with E-state index in [9.17, 15) is 4.79 Å². The average Bonchev–Trinajstić information content (AvgIpc) is 3.45. The van der Waals surface area contributed by atoms with E-state index in [1.54, 1.807) is 47.8 Å². The Kier molecular flexibility index (Phi) is 8.70. The highest BCUT2D eigenvalue weighted by atomic mass is 32.2. The topological polar surface area (TPSA) is 91.3 Å². The summed E-state index contributed by atoms with van der Waals surface area (Å²) >= 11 is 3.15. The Morgan fingerprint density at radius 3 is 2.20 bits per heavy atom. The number of carbonyl (C=O) groups excluding carboxylic acids is 1. The average molecular weight is 509 g/mol. The molecule has 2 aromatic carbocycles. The van der Waals surface area contributed by atoms with Gasteiger partial charge in [-0.05, 0) is 74.9 Å². The van der Waals surface area contributed by atoms with Crippen molar-refractivity contribution in [3.05, 3.63) is 65.2 Å². The molecule has 0 amide bonds. The molecule has 0 N–H and O–H groups in total. The third-order valence-corrected chi connectivity index (χ3v) is 7.68. The van der Waals surface area contributed by atoms with Gasteiger partial charge in [-0.25, -0.2) is 9.79 Å². The highest BCUT2D eigenvalue weighted by molar-refractivity contribution is 8.16. The Morgan fingerprint density at radius 2 is 1.57 bits per heavy atom. The molecule has 0 aliphatic carbocycles. The number of anilines is 1. The molecule has 0 aromatic heterocycles. The summed E-state index contributed by atoms with van der Waals surface area (Å²) in [6.45, 7) is 8.62. The molecule has 0 radical (unpaired) electrons. The number of thioether (sulfide) groups is 2. The van der Waals surface area contributed by atoms with Crippen molar-refractivity contribution in [3.8, 4) is 0 Å². The van der Waals surface area contributed by atoms with Gasteiger partial charge >= 0.3 is 5.97 Å². The lowest BCUT2D eigenvalue weighted by Crippen LogP contribution is -2.21. The summed E-state index contributed by atoms with van der Waals surface area (Å²) in [5, 5.41) is 19.0. The molecule has 0 spiro atoms. The highest BCUT2D eigenvalue weighted by Gasteiger charge is 2.35. The van der Waals surface area contributed by atoms with E-state index in [0.29, 0.717) is 23.0 Å². The van der Waals surface area contributed by atoms with Crippen LogP contribution in [0.25, 0.3) is 0 Å². The largest absolute Gasteiger partial charge is 0.462 e. The molecule has 182 valence electrons. The maximum absolute atomic E-state index is 11.9. The predicted octanol–water partition coefficient (Wildman–Crippen LogP) is 7.35. The maximum Gasteiger partial charge on any atom is 0.338 e. The molecule has 0 saturated heterocycles. The fourth-order valence-corrected chi connectivity index (χ4v) is 5.77. The highest BCUT2D eigenvalue weighted by Crippen LogP contribution is 2.45. The molecule has 0 bridgehead atoms. The van der Waals surface area contributed by atoms with Crippen LogP contribution in [-0.2, 0) is 4.74 Å². The first kappa shape index (κ1) is 25.1. The lowest BCUT2D eigenvalue weighted by molar-refractivity contribution is 0.0505. The number of azo groups is 2. The summed E-state index contributed by atoms with van der Waals surface area (Å²) in [6.07, 6.45) is 2.86. The van der Waals surface area contributed by atoms with Crippen molar-refractivity contribution >= 4 is 51.7 Å². The zero-order valence-corrected chi connectivity index (χ0v) is 21.6. The molecule has 2 aromatic rings. The molecular weight excluding hydrogens is 480 g/mol. The molecule has 2 atom stereocenters. The van der Waals surface area contributed by atoms with Crippen LogP contribution in [0.4, 0.5) is 17.1 Å². The number of esters is 1. The van der Waals surface area contributed by atoms with Crippen molar-refractivity contribution in [2.75, 3.05) is 24.6 Å². The minimum Gasteiger partial charge on any atom is -0.462 e. The monoisotopic (exact) mass is 508 g/mol. The van der Waals surface area contributed by atoms with Gasteiger partial charge in [0.1, 0.15) is 10.4 Å². The van der Waals surface area contributed by atoms with Crippen molar-refractivity contribution in [2.45, 2.75) is 37.8 Å². The SMILES string of the molecule is CCCOC(=O)c1ccc(N=NC2=CC3SC(N=Nc4ccc(N(CC)CC)cc4)=NC3S2)cc1. The van der Waals surface area contributed by atoms with Crippen LogP contribution in [0.2, 0.25) is 0 Å². The predicted molar refractivity (Wildman–Crippen MR) is 144 cm³/mol. The number of amidine groups is 1. The van der Waals surface area contributed by atoms with Gasteiger partial charge in [-0.3, -0.25) is 0 Å². The van der Waals surface area contributed by atoms with Crippen LogP contribution in [-0.4, -0.2) is 41.5 Å². The Morgan fingerprint density at radius 1 is 0.914 bits per heavy atom. The third-order valence-electron chi connectivity index (χ3n) is 5.34. The van der Waals surface area contributed by atoms with Gasteiger partial charge in [0, 0.05) is 18.8 Å². The lowest BCUT2D eigenvalue weighted by Gasteiger charge is -2.20. The number of fused-ring (bicyclic) bond motifs is 1. The van der Waals surface area contributed by atoms with E-state index in [1.165, 1.54) is 5.69 Å². The molecule has 35 heavy (non-hydrogen) atoms. The first-order valence-corrected chi connectivity index (χ1v) is 13.4. The second-order valence-electron chi connectivity index (χ2n) is 7.78. The number of benzene rings is 2. The normalized spacial score (nSPS) is 19.2. The van der Waals surface area contributed by atoms with E-state index in [-0.39, 0.29) is 16.6 Å². The zero-order chi connectivity index (χ0) is 24.6. The number of hydrogen-bond acceptors (Lipinski definition) is 10. The summed E-state index contributed by atoms with van der Waals surface area (Å²) in [5.74, 6) is -0.322. The molecule has 2 aliphatic heterocycles. The summed E-state index contributed by atoms with van der Waals surface area (Å²) in [7, 11) is 0. The Bertz CT molecular complexity index is 1140. The van der Waals surface area contributed by atoms with Gasteiger partial charge in [-0.2, -0.15) is 5.11 Å². The third kappa shape index (κ3) is 6.58. The summed E-state index contributed by atoms with van der Waals surface area (Å²) in [4.78, 5) is 18.8. The van der Waals surface area contributed by atoms with Crippen molar-refractivity contribution in [3.63, 3.8) is 0 Å². The van der Waals surface area contributed by atoms with Crippen LogP contribution in [0.5, 0.6) is 0 Å². The quantitative estimate of drug-likeness (QED) is 0.261. The minimum atomic E-state index is -0.322. The number of carbonyl (C=O) groups is 1. The van der Waals surface area contributed by atoms with Crippen LogP contribution in [0.3, 0.4) is 0 Å². The number of hydrogen-bond donors (Lipinski definition) is 0. The van der Waals surface area contributed by atoms with Gasteiger partial charge in [0.2, 0.25) is 5.17 Å². The second kappa shape index (κ2) is 12.1. The van der Waals surface area contributed by atoms with Crippen LogP contribution >= 0.6 is 23.5 Å². The molecular formula is C25H28N6O2S2. The second-order valence-corrected chi connectivity index (χ2v) is 10.1. The van der Waals surface area contributed by atoms with Crippen molar-refractivity contribution in [2.24, 2.45) is 25.4 Å². The number of ether oxygens (including phenoxy) is 1. The van der Waals surface area contributed by atoms with E-state index >= 15 is 0 Å².